The number of nitrogens with one attached hydrogen (secondary N) is 3. The fourth-order valence-electron chi connectivity index (χ4n) is 2.93. The molecule has 0 aliphatic rings. The molecule has 0 aliphatic carbocycles. The monoisotopic (exact) mass is 411 g/mol. The van der Waals surface area contributed by atoms with Gasteiger partial charge < -0.3 is 25.8 Å². The van der Waals surface area contributed by atoms with Crippen LogP contribution in [-0.4, -0.2) is 57.4 Å². The van der Waals surface area contributed by atoms with E-state index in [4.69, 9.17) is 0 Å². The third-order valence-electron chi connectivity index (χ3n) is 4.52. The van der Waals surface area contributed by atoms with Crippen LogP contribution < -0.4 is 20.9 Å². The second kappa shape index (κ2) is 10.4. The highest BCUT2D eigenvalue weighted by atomic mass is 16.2. The molecule has 2 aromatic carbocycles. The van der Waals surface area contributed by atoms with Gasteiger partial charge in [-0.25, -0.2) is 0 Å². The molecule has 0 radical (unpaired) electrons. The van der Waals surface area contributed by atoms with Gasteiger partial charge in [0.15, 0.2) is 0 Å². The Kier molecular flexibility index (Phi) is 7.94. The summed E-state index contributed by atoms with van der Waals surface area (Å²) in [7, 11) is 7.79. The summed E-state index contributed by atoms with van der Waals surface area (Å²) in [6, 6.07) is 14.6. The standard InChI is InChI=1S/C22H29N5O3/c1-15(28)24-17-7-6-8-18(13-17)25-22(30)21(29)23-14-20(27(4)5)16-9-11-19(12-10-16)26(2)3/h6-13,20H,14H2,1-5H3,(H,23,29)(H,24,28)(H,25,30). The summed E-state index contributed by atoms with van der Waals surface area (Å²) in [5.41, 5.74) is 3.08. The van der Waals surface area contributed by atoms with Crippen molar-refractivity contribution in [2.24, 2.45) is 0 Å². The highest BCUT2D eigenvalue weighted by molar-refractivity contribution is 6.39. The molecular formula is C22H29N5O3. The van der Waals surface area contributed by atoms with E-state index in [1.54, 1.807) is 24.3 Å². The number of nitrogens with zero attached hydrogens (tertiary/aromatic N) is 2. The Balaban J connectivity index is 1.98. The first-order chi connectivity index (χ1) is 14.2. The zero-order chi connectivity index (χ0) is 22.3. The largest absolute Gasteiger partial charge is 0.378 e. The van der Waals surface area contributed by atoms with Crippen molar-refractivity contribution in [3.63, 3.8) is 0 Å². The molecule has 0 spiro atoms. The molecule has 8 heteroatoms. The van der Waals surface area contributed by atoms with Crippen LogP contribution in [0.25, 0.3) is 0 Å². The Hall–Kier alpha value is -3.39. The average Bonchev–Trinajstić information content (AvgIpc) is 2.67. The molecule has 0 heterocycles. The van der Waals surface area contributed by atoms with Gasteiger partial charge in [-0.1, -0.05) is 18.2 Å². The Bertz CT molecular complexity index is 894. The minimum Gasteiger partial charge on any atom is -0.378 e. The van der Waals surface area contributed by atoms with Gasteiger partial charge in [0.25, 0.3) is 0 Å². The molecule has 0 aromatic heterocycles. The highest BCUT2D eigenvalue weighted by Gasteiger charge is 2.19. The molecule has 0 saturated carbocycles. The van der Waals surface area contributed by atoms with Gasteiger partial charge in [0.05, 0.1) is 6.04 Å². The fraction of sp³-hybridized carbons (Fsp3) is 0.318. The van der Waals surface area contributed by atoms with Crippen LogP contribution in [0.2, 0.25) is 0 Å². The molecule has 1 atom stereocenters. The number of carbonyl (C=O) groups excluding carboxylic acids is 3. The molecule has 0 bridgehead atoms. The minimum atomic E-state index is -0.768. The van der Waals surface area contributed by atoms with Crippen LogP contribution in [0.15, 0.2) is 48.5 Å². The van der Waals surface area contributed by atoms with Crippen molar-refractivity contribution in [3.8, 4) is 0 Å². The van der Waals surface area contributed by atoms with Crippen molar-refractivity contribution in [3.05, 3.63) is 54.1 Å². The van der Waals surface area contributed by atoms with Gasteiger partial charge in [-0.15, -0.1) is 0 Å². The maximum Gasteiger partial charge on any atom is 0.313 e. The summed E-state index contributed by atoms with van der Waals surface area (Å²) < 4.78 is 0. The lowest BCUT2D eigenvalue weighted by molar-refractivity contribution is -0.136. The number of hydrogen-bond acceptors (Lipinski definition) is 5. The molecule has 3 amide bonds. The van der Waals surface area contributed by atoms with Crippen molar-refractivity contribution >= 4 is 34.8 Å². The number of anilines is 3. The molecule has 2 rings (SSSR count). The van der Waals surface area contributed by atoms with Gasteiger partial charge in [-0.3, -0.25) is 14.4 Å². The van der Waals surface area contributed by atoms with Gasteiger partial charge in [0.2, 0.25) is 5.91 Å². The zero-order valence-electron chi connectivity index (χ0n) is 18.0. The van der Waals surface area contributed by atoms with Crippen molar-refractivity contribution in [1.29, 1.82) is 0 Å². The molecule has 2 aromatic rings. The zero-order valence-corrected chi connectivity index (χ0v) is 18.0. The second-order valence-electron chi connectivity index (χ2n) is 7.39. The third-order valence-corrected chi connectivity index (χ3v) is 4.52. The first-order valence-corrected chi connectivity index (χ1v) is 9.58. The van der Waals surface area contributed by atoms with Gasteiger partial charge >= 0.3 is 11.8 Å². The lowest BCUT2D eigenvalue weighted by Crippen LogP contribution is -2.40. The maximum atomic E-state index is 12.3. The van der Waals surface area contributed by atoms with Crippen LogP contribution in [0.1, 0.15) is 18.5 Å². The van der Waals surface area contributed by atoms with E-state index >= 15 is 0 Å². The van der Waals surface area contributed by atoms with E-state index < -0.39 is 11.8 Å². The van der Waals surface area contributed by atoms with Gasteiger partial charge in [-0.2, -0.15) is 0 Å². The predicted molar refractivity (Wildman–Crippen MR) is 120 cm³/mol. The molecule has 0 saturated heterocycles. The SMILES string of the molecule is CC(=O)Nc1cccc(NC(=O)C(=O)NCC(c2ccc(N(C)C)cc2)N(C)C)c1. The Morgan fingerprint density at radius 2 is 1.47 bits per heavy atom. The lowest BCUT2D eigenvalue weighted by atomic mass is 10.1. The molecule has 8 nitrogen and oxygen atoms in total. The second-order valence-corrected chi connectivity index (χ2v) is 7.39. The summed E-state index contributed by atoms with van der Waals surface area (Å²) in [5.74, 6) is -1.71. The summed E-state index contributed by atoms with van der Waals surface area (Å²) in [6.45, 7) is 1.68. The fourth-order valence-corrected chi connectivity index (χ4v) is 2.93. The molecule has 0 aliphatic heterocycles. The number of rotatable bonds is 7. The summed E-state index contributed by atoms with van der Waals surface area (Å²) in [4.78, 5) is 39.7. The molecule has 1 unspecified atom stereocenters. The van der Waals surface area contributed by atoms with Crippen LogP contribution in [-0.2, 0) is 14.4 Å². The molecular weight excluding hydrogens is 382 g/mol. The van der Waals surface area contributed by atoms with E-state index in [0.717, 1.165) is 11.3 Å². The topological polar surface area (TPSA) is 93.8 Å². The molecule has 0 fully saturated rings. The van der Waals surface area contributed by atoms with Gasteiger partial charge in [-0.05, 0) is 50.0 Å². The maximum absolute atomic E-state index is 12.3. The number of hydrogen-bond donors (Lipinski definition) is 3. The quantitative estimate of drug-likeness (QED) is 0.607. The number of amides is 3. The number of carbonyl (C=O) groups is 3. The van der Waals surface area contributed by atoms with Crippen LogP contribution in [0, 0.1) is 0 Å². The van der Waals surface area contributed by atoms with E-state index in [0.29, 0.717) is 11.4 Å². The van der Waals surface area contributed by atoms with Crippen LogP contribution in [0.4, 0.5) is 17.1 Å². The van der Waals surface area contributed by atoms with Gasteiger partial charge in [0.1, 0.15) is 0 Å². The van der Waals surface area contributed by atoms with Crippen LogP contribution in [0.5, 0.6) is 0 Å². The number of likely N-dealkylation sites (N-methyl/N-ethyl adjacent to an activating group) is 1. The first kappa shape index (κ1) is 22.9. The predicted octanol–water partition coefficient (Wildman–Crippen LogP) is 2.07. The van der Waals surface area contributed by atoms with E-state index in [-0.39, 0.29) is 18.5 Å². The summed E-state index contributed by atoms with van der Waals surface area (Å²) in [5, 5.41) is 7.87. The van der Waals surface area contributed by atoms with Crippen molar-refractivity contribution in [2.75, 3.05) is 50.3 Å². The smallest absolute Gasteiger partial charge is 0.313 e. The summed E-state index contributed by atoms with van der Waals surface area (Å²) in [6.07, 6.45) is 0. The van der Waals surface area contributed by atoms with Gasteiger partial charge in [0, 0.05) is 44.6 Å². The van der Waals surface area contributed by atoms with Crippen molar-refractivity contribution in [2.45, 2.75) is 13.0 Å². The Labute approximate surface area is 177 Å². The van der Waals surface area contributed by atoms with Crippen LogP contribution in [0.3, 0.4) is 0 Å². The van der Waals surface area contributed by atoms with E-state index in [1.807, 2.05) is 62.3 Å². The molecule has 3 N–H and O–H groups in total. The Morgan fingerprint density at radius 3 is 2.00 bits per heavy atom. The molecule has 30 heavy (non-hydrogen) atoms. The molecule has 160 valence electrons. The summed E-state index contributed by atoms with van der Waals surface area (Å²) >= 11 is 0. The number of benzene rings is 2. The van der Waals surface area contributed by atoms with E-state index in [9.17, 15) is 14.4 Å². The van der Waals surface area contributed by atoms with Crippen molar-refractivity contribution < 1.29 is 14.4 Å². The third kappa shape index (κ3) is 6.59. The lowest BCUT2D eigenvalue weighted by Gasteiger charge is -2.25. The normalized spacial score (nSPS) is 11.5. The Morgan fingerprint density at radius 1 is 0.867 bits per heavy atom. The van der Waals surface area contributed by atoms with Crippen LogP contribution >= 0.6 is 0 Å². The van der Waals surface area contributed by atoms with E-state index in [2.05, 4.69) is 16.0 Å². The van der Waals surface area contributed by atoms with E-state index in [1.165, 1.54) is 6.92 Å². The van der Waals surface area contributed by atoms with Crippen molar-refractivity contribution in [1.82, 2.24) is 10.2 Å². The minimum absolute atomic E-state index is 0.0824. The first-order valence-electron chi connectivity index (χ1n) is 9.58. The highest BCUT2D eigenvalue weighted by Crippen LogP contribution is 2.21. The average molecular weight is 412 g/mol.